The molecule has 1 heterocycles. The first-order chi connectivity index (χ1) is 4.84. The quantitative estimate of drug-likeness (QED) is 0.616. The van der Waals surface area contributed by atoms with Crippen molar-refractivity contribution in [2.24, 2.45) is 10.7 Å². The standard InChI is InChI=1S/C8H14N2/c1-2-7(9)8-5-3-4-6-10-8/h5-7H,2-4,9H2,1H3/t7-/m1/s1. The first-order valence-electron chi connectivity index (χ1n) is 3.82. The van der Waals surface area contributed by atoms with Crippen LogP contribution >= 0.6 is 0 Å². The second kappa shape index (κ2) is 3.52. The van der Waals surface area contributed by atoms with Crippen LogP contribution in [0.1, 0.15) is 26.2 Å². The van der Waals surface area contributed by atoms with E-state index >= 15 is 0 Å². The van der Waals surface area contributed by atoms with Gasteiger partial charge in [0.1, 0.15) is 0 Å². The van der Waals surface area contributed by atoms with Gasteiger partial charge < -0.3 is 5.73 Å². The van der Waals surface area contributed by atoms with E-state index in [1.54, 1.807) is 0 Å². The van der Waals surface area contributed by atoms with Crippen LogP contribution in [0.2, 0.25) is 0 Å². The lowest BCUT2D eigenvalue weighted by molar-refractivity contribution is 0.722. The molecule has 1 aliphatic heterocycles. The minimum absolute atomic E-state index is 0.150. The average molecular weight is 138 g/mol. The highest BCUT2D eigenvalue weighted by molar-refractivity contribution is 5.61. The Balaban J connectivity index is 2.54. The molecule has 0 aromatic carbocycles. The lowest BCUT2D eigenvalue weighted by Crippen LogP contribution is -2.21. The van der Waals surface area contributed by atoms with Crippen LogP contribution in [0.3, 0.4) is 0 Å². The number of hydrogen-bond donors (Lipinski definition) is 1. The van der Waals surface area contributed by atoms with Gasteiger partial charge in [0.05, 0.1) is 5.70 Å². The van der Waals surface area contributed by atoms with E-state index in [1.807, 2.05) is 6.21 Å². The Labute approximate surface area is 61.8 Å². The molecule has 2 heteroatoms. The Hall–Kier alpha value is -0.630. The second-order valence-corrected chi connectivity index (χ2v) is 2.53. The fraction of sp³-hybridized carbons (Fsp3) is 0.625. The van der Waals surface area contributed by atoms with Gasteiger partial charge >= 0.3 is 0 Å². The molecule has 10 heavy (non-hydrogen) atoms. The molecule has 0 aromatic heterocycles. The first-order valence-corrected chi connectivity index (χ1v) is 3.82. The Bertz CT molecular complexity index is 159. The van der Waals surface area contributed by atoms with Crippen molar-refractivity contribution in [1.82, 2.24) is 0 Å². The van der Waals surface area contributed by atoms with Crippen molar-refractivity contribution in [3.05, 3.63) is 11.8 Å². The molecule has 2 N–H and O–H groups in total. The smallest absolute Gasteiger partial charge is 0.0527 e. The topological polar surface area (TPSA) is 38.4 Å². The lowest BCUT2D eigenvalue weighted by Gasteiger charge is -2.11. The van der Waals surface area contributed by atoms with E-state index in [0.717, 1.165) is 25.0 Å². The third-order valence-corrected chi connectivity index (χ3v) is 1.71. The van der Waals surface area contributed by atoms with E-state index in [2.05, 4.69) is 18.0 Å². The summed E-state index contributed by atoms with van der Waals surface area (Å²) in [4.78, 5) is 4.21. The highest BCUT2D eigenvalue weighted by Gasteiger charge is 2.05. The molecule has 0 bridgehead atoms. The van der Waals surface area contributed by atoms with Crippen LogP contribution in [0, 0.1) is 0 Å². The van der Waals surface area contributed by atoms with Gasteiger partial charge in [-0.2, -0.15) is 0 Å². The molecule has 0 saturated carbocycles. The van der Waals surface area contributed by atoms with Crippen LogP contribution in [0.5, 0.6) is 0 Å². The molecule has 1 aliphatic rings. The van der Waals surface area contributed by atoms with Gasteiger partial charge in [-0.1, -0.05) is 13.0 Å². The monoisotopic (exact) mass is 138 g/mol. The molecule has 0 aliphatic carbocycles. The van der Waals surface area contributed by atoms with Gasteiger partial charge in [-0.05, 0) is 19.3 Å². The van der Waals surface area contributed by atoms with Gasteiger partial charge in [0.25, 0.3) is 0 Å². The van der Waals surface area contributed by atoms with Crippen molar-refractivity contribution in [3.8, 4) is 0 Å². The van der Waals surface area contributed by atoms with Crippen molar-refractivity contribution in [1.29, 1.82) is 0 Å². The minimum Gasteiger partial charge on any atom is -0.323 e. The molecule has 1 atom stereocenters. The zero-order valence-corrected chi connectivity index (χ0v) is 6.38. The molecular formula is C8H14N2. The summed E-state index contributed by atoms with van der Waals surface area (Å²) in [6.07, 6.45) is 7.23. The average Bonchev–Trinajstić information content (AvgIpc) is 2.05. The van der Waals surface area contributed by atoms with E-state index in [9.17, 15) is 0 Å². The van der Waals surface area contributed by atoms with Crippen molar-refractivity contribution in [2.75, 3.05) is 0 Å². The van der Waals surface area contributed by atoms with E-state index in [-0.39, 0.29) is 6.04 Å². The first kappa shape index (κ1) is 7.48. The van der Waals surface area contributed by atoms with Crippen molar-refractivity contribution in [3.63, 3.8) is 0 Å². The van der Waals surface area contributed by atoms with Gasteiger partial charge in [-0.25, -0.2) is 0 Å². The van der Waals surface area contributed by atoms with Gasteiger partial charge in [0.2, 0.25) is 0 Å². The van der Waals surface area contributed by atoms with Crippen LogP contribution in [0.15, 0.2) is 16.8 Å². The molecule has 0 fully saturated rings. The minimum atomic E-state index is 0.150. The summed E-state index contributed by atoms with van der Waals surface area (Å²) in [5.41, 5.74) is 6.83. The van der Waals surface area contributed by atoms with Gasteiger partial charge in [0, 0.05) is 12.3 Å². The molecule has 56 valence electrons. The molecule has 0 radical (unpaired) electrons. The number of aliphatic imine (C=N–C) groups is 1. The molecule has 0 unspecified atom stereocenters. The number of hydrogen-bond acceptors (Lipinski definition) is 2. The van der Waals surface area contributed by atoms with E-state index < -0.39 is 0 Å². The molecule has 0 amide bonds. The summed E-state index contributed by atoms with van der Waals surface area (Å²) in [7, 11) is 0. The Morgan fingerprint density at radius 1 is 1.70 bits per heavy atom. The third-order valence-electron chi connectivity index (χ3n) is 1.71. The zero-order chi connectivity index (χ0) is 7.40. The highest BCUT2D eigenvalue weighted by Crippen LogP contribution is 2.10. The Kier molecular flexibility index (Phi) is 2.63. The van der Waals surface area contributed by atoms with Gasteiger partial charge in [-0.3, -0.25) is 4.99 Å². The molecule has 1 rings (SSSR count). The molecule has 0 aromatic rings. The van der Waals surface area contributed by atoms with Crippen LogP contribution < -0.4 is 5.73 Å². The molecular weight excluding hydrogens is 124 g/mol. The predicted octanol–water partition coefficient (Wildman–Crippen LogP) is 1.47. The predicted molar refractivity (Wildman–Crippen MR) is 44.1 cm³/mol. The molecule has 0 saturated heterocycles. The summed E-state index contributed by atoms with van der Waals surface area (Å²) in [5, 5.41) is 0. The van der Waals surface area contributed by atoms with E-state index in [0.29, 0.717) is 0 Å². The summed E-state index contributed by atoms with van der Waals surface area (Å²) in [6.45, 7) is 2.08. The fourth-order valence-corrected chi connectivity index (χ4v) is 0.985. The number of nitrogens with zero attached hydrogens (tertiary/aromatic N) is 1. The number of allylic oxidation sites excluding steroid dienone is 1. The Morgan fingerprint density at radius 3 is 3.00 bits per heavy atom. The van der Waals surface area contributed by atoms with Crippen LogP contribution in [-0.2, 0) is 0 Å². The second-order valence-electron chi connectivity index (χ2n) is 2.53. The maximum atomic E-state index is 5.77. The van der Waals surface area contributed by atoms with Crippen molar-refractivity contribution >= 4 is 6.21 Å². The summed E-state index contributed by atoms with van der Waals surface area (Å²) >= 11 is 0. The normalized spacial score (nSPS) is 20.4. The van der Waals surface area contributed by atoms with Crippen LogP contribution in [0.25, 0.3) is 0 Å². The van der Waals surface area contributed by atoms with Crippen molar-refractivity contribution < 1.29 is 0 Å². The molecule has 0 spiro atoms. The van der Waals surface area contributed by atoms with Crippen molar-refractivity contribution in [2.45, 2.75) is 32.2 Å². The summed E-state index contributed by atoms with van der Waals surface area (Å²) < 4.78 is 0. The van der Waals surface area contributed by atoms with Crippen LogP contribution in [0.4, 0.5) is 0 Å². The van der Waals surface area contributed by atoms with Crippen LogP contribution in [-0.4, -0.2) is 12.3 Å². The highest BCUT2D eigenvalue weighted by atomic mass is 14.8. The zero-order valence-electron chi connectivity index (χ0n) is 6.38. The van der Waals surface area contributed by atoms with E-state index in [4.69, 9.17) is 5.73 Å². The maximum Gasteiger partial charge on any atom is 0.0527 e. The maximum absolute atomic E-state index is 5.77. The SMILES string of the molecule is CC[C@@H](N)C1=CCCC=N1. The largest absolute Gasteiger partial charge is 0.323 e. The van der Waals surface area contributed by atoms with Gasteiger partial charge in [-0.15, -0.1) is 0 Å². The van der Waals surface area contributed by atoms with Gasteiger partial charge in [0.15, 0.2) is 0 Å². The Morgan fingerprint density at radius 2 is 2.50 bits per heavy atom. The fourth-order valence-electron chi connectivity index (χ4n) is 0.985. The number of rotatable bonds is 2. The summed E-state index contributed by atoms with van der Waals surface area (Å²) in [5.74, 6) is 0. The van der Waals surface area contributed by atoms with E-state index in [1.165, 1.54) is 0 Å². The number of nitrogens with two attached hydrogens (primary N) is 1. The third kappa shape index (κ3) is 1.67. The lowest BCUT2D eigenvalue weighted by atomic mass is 10.1. The molecule has 2 nitrogen and oxygen atoms in total. The summed E-state index contributed by atoms with van der Waals surface area (Å²) in [6, 6.07) is 0.150.